The van der Waals surface area contributed by atoms with Crippen molar-refractivity contribution in [3.8, 4) is 0 Å². The average molecular weight is 267 g/mol. The van der Waals surface area contributed by atoms with Crippen molar-refractivity contribution in [2.75, 3.05) is 0 Å². The minimum Gasteiger partial charge on any atom is -0.388 e. The highest BCUT2D eigenvalue weighted by atomic mass is 16.3. The van der Waals surface area contributed by atoms with Gasteiger partial charge in [0.25, 0.3) is 0 Å². The van der Waals surface area contributed by atoms with Crippen molar-refractivity contribution >= 4 is 0 Å². The fourth-order valence-electron chi connectivity index (χ4n) is 3.12. The molecule has 0 saturated heterocycles. The van der Waals surface area contributed by atoms with Crippen LogP contribution in [0.1, 0.15) is 53.7 Å². The molecule has 2 aromatic rings. The van der Waals surface area contributed by atoms with Crippen LogP contribution in [0.15, 0.2) is 42.6 Å². The lowest BCUT2D eigenvalue weighted by Gasteiger charge is -2.23. The SMILES string of the molecule is Cc1ccc([C@@H](O)[C@@H]2CCCCc3cccnc32)cc1. The first-order valence-corrected chi connectivity index (χ1v) is 7.44. The summed E-state index contributed by atoms with van der Waals surface area (Å²) >= 11 is 0. The highest BCUT2D eigenvalue weighted by molar-refractivity contribution is 5.30. The van der Waals surface area contributed by atoms with Crippen molar-refractivity contribution in [1.82, 2.24) is 4.98 Å². The highest BCUT2D eigenvalue weighted by Crippen LogP contribution is 2.38. The second-order valence-corrected chi connectivity index (χ2v) is 5.76. The van der Waals surface area contributed by atoms with Gasteiger partial charge in [-0.05, 0) is 43.4 Å². The third-order valence-corrected chi connectivity index (χ3v) is 4.29. The molecule has 0 saturated carbocycles. The van der Waals surface area contributed by atoms with E-state index in [9.17, 15) is 5.11 Å². The zero-order chi connectivity index (χ0) is 13.9. The van der Waals surface area contributed by atoms with Gasteiger partial charge in [0.2, 0.25) is 0 Å². The van der Waals surface area contributed by atoms with E-state index in [0.717, 1.165) is 30.5 Å². The number of rotatable bonds is 2. The van der Waals surface area contributed by atoms with Gasteiger partial charge in [-0.3, -0.25) is 4.98 Å². The molecule has 1 N–H and O–H groups in total. The third kappa shape index (κ3) is 2.61. The Morgan fingerprint density at radius 3 is 2.75 bits per heavy atom. The van der Waals surface area contributed by atoms with E-state index in [4.69, 9.17) is 0 Å². The lowest BCUT2D eigenvalue weighted by molar-refractivity contribution is 0.138. The molecule has 1 aromatic carbocycles. The molecule has 20 heavy (non-hydrogen) atoms. The van der Waals surface area contributed by atoms with Gasteiger partial charge in [0.05, 0.1) is 6.10 Å². The van der Waals surface area contributed by atoms with E-state index in [-0.39, 0.29) is 5.92 Å². The Hall–Kier alpha value is -1.67. The van der Waals surface area contributed by atoms with Gasteiger partial charge in [-0.25, -0.2) is 0 Å². The molecule has 104 valence electrons. The van der Waals surface area contributed by atoms with Gasteiger partial charge in [-0.1, -0.05) is 42.3 Å². The number of fused-ring (bicyclic) bond motifs is 1. The predicted octanol–water partition coefficient (Wildman–Crippen LogP) is 3.93. The standard InChI is InChI=1S/C18H21NO/c1-13-8-10-15(11-9-13)18(20)16-7-3-2-5-14-6-4-12-19-17(14)16/h4,6,8-12,16,18,20H,2-3,5,7H2,1H3/t16-,18-/m1/s1. The molecule has 2 heteroatoms. The molecule has 1 aliphatic carbocycles. The van der Waals surface area contributed by atoms with Gasteiger partial charge in [0, 0.05) is 17.8 Å². The van der Waals surface area contributed by atoms with Crippen LogP contribution < -0.4 is 0 Å². The highest BCUT2D eigenvalue weighted by Gasteiger charge is 2.27. The first kappa shape index (κ1) is 13.3. The molecule has 0 radical (unpaired) electrons. The summed E-state index contributed by atoms with van der Waals surface area (Å²) in [6, 6.07) is 12.4. The number of aliphatic hydroxyl groups is 1. The molecular formula is C18H21NO. The number of benzene rings is 1. The summed E-state index contributed by atoms with van der Waals surface area (Å²) < 4.78 is 0. The molecule has 1 aliphatic rings. The van der Waals surface area contributed by atoms with Crippen LogP contribution in [0, 0.1) is 6.92 Å². The van der Waals surface area contributed by atoms with Crippen molar-refractivity contribution in [2.45, 2.75) is 44.6 Å². The summed E-state index contributed by atoms with van der Waals surface area (Å²) in [4.78, 5) is 4.56. The summed E-state index contributed by atoms with van der Waals surface area (Å²) in [6.07, 6.45) is 5.83. The fraction of sp³-hybridized carbons (Fsp3) is 0.389. The fourth-order valence-corrected chi connectivity index (χ4v) is 3.12. The zero-order valence-corrected chi connectivity index (χ0v) is 11.9. The molecule has 0 bridgehead atoms. The second kappa shape index (κ2) is 5.76. The lowest BCUT2D eigenvalue weighted by atomic mass is 9.88. The molecule has 0 unspecified atom stereocenters. The van der Waals surface area contributed by atoms with Gasteiger partial charge in [-0.15, -0.1) is 0 Å². The maximum absolute atomic E-state index is 10.8. The number of aliphatic hydroxyl groups excluding tert-OH is 1. The monoisotopic (exact) mass is 267 g/mol. The van der Waals surface area contributed by atoms with E-state index in [0.29, 0.717) is 0 Å². The van der Waals surface area contributed by atoms with E-state index in [1.807, 2.05) is 24.4 Å². The van der Waals surface area contributed by atoms with Gasteiger partial charge < -0.3 is 5.11 Å². The normalized spacial score (nSPS) is 20.0. The van der Waals surface area contributed by atoms with E-state index in [2.05, 4.69) is 30.1 Å². The molecule has 0 spiro atoms. The zero-order valence-electron chi connectivity index (χ0n) is 11.9. The van der Waals surface area contributed by atoms with E-state index >= 15 is 0 Å². The van der Waals surface area contributed by atoms with Crippen molar-refractivity contribution < 1.29 is 5.11 Å². The molecule has 1 aromatic heterocycles. The quantitative estimate of drug-likeness (QED) is 0.836. The van der Waals surface area contributed by atoms with Crippen molar-refractivity contribution in [3.63, 3.8) is 0 Å². The number of nitrogens with zero attached hydrogens (tertiary/aromatic N) is 1. The maximum atomic E-state index is 10.8. The van der Waals surface area contributed by atoms with Crippen molar-refractivity contribution in [3.05, 3.63) is 65.0 Å². The molecule has 2 atom stereocenters. The molecule has 1 heterocycles. The number of aromatic nitrogens is 1. The molecule has 3 rings (SSSR count). The van der Waals surface area contributed by atoms with Gasteiger partial charge in [0.15, 0.2) is 0 Å². The number of aryl methyl sites for hydroxylation is 2. The summed E-state index contributed by atoms with van der Waals surface area (Å²) in [5.41, 5.74) is 4.62. The first-order chi connectivity index (χ1) is 9.75. The van der Waals surface area contributed by atoms with Crippen LogP contribution in [0.2, 0.25) is 0 Å². The summed E-state index contributed by atoms with van der Waals surface area (Å²) in [5.74, 6) is 0.122. The Morgan fingerprint density at radius 2 is 1.95 bits per heavy atom. The Balaban J connectivity index is 1.94. The Bertz CT molecular complexity index is 576. The maximum Gasteiger partial charge on any atom is 0.0873 e. The van der Waals surface area contributed by atoms with Gasteiger partial charge in [0.1, 0.15) is 0 Å². The Labute approximate surface area is 120 Å². The van der Waals surface area contributed by atoms with Crippen LogP contribution >= 0.6 is 0 Å². The molecule has 0 fully saturated rings. The smallest absolute Gasteiger partial charge is 0.0873 e. The van der Waals surface area contributed by atoms with Crippen LogP contribution in [0.3, 0.4) is 0 Å². The second-order valence-electron chi connectivity index (χ2n) is 5.76. The van der Waals surface area contributed by atoms with Crippen LogP contribution in [0.5, 0.6) is 0 Å². The largest absolute Gasteiger partial charge is 0.388 e. The van der Waals surface area contributed by atoms with Gasteiger partial charge in [-0.2, -0.15) is 0 Å². The van der Waals surface area contributed by atoms with Crippen molar-refractivity contribution in [1.29, 1.82) is 0 Å². The van der Waals surface area contributed by atoms with Crippen LogP contribution in [-0.2, 0) is 6.42 Å². The summed E-state index contributed by atoms with van der Waals surface area (Å²) in [5, 5.41) is 10.8. The predicted molar refractivity (Wildman–Crippen MR) is 80.7 cm³/mol. The van der Waals surface area contributed by atoms with Crippen molar-refractivity contribution in [2.24, 2.45) is 0 Å². The third-order valence-electron chi connectivity index (χ3n) is 4.29. The molecule has 0 amide bonds. The van der Waals surface area contributed by atoms with Gasteiger partial charge >= 0.3 is 0 Å². The Kier molecular flexibility index (Phi) is 3.83. The molecule has 2 nitrogen and oxygen atoms in total. The lowest BCUT2D eigenvalue weighted by Crippen LogP contribution is -2.13. The topological polar surface area (TPSA) is 33.1 Å². The van der Waals surface area contributed by atoms with E-state index in [1.165, 1.54) is 17.5 Å². The number of hydrogen-bond acceptors (Lipinski definition) is 2. The first-order valence-electron chi connectivity index (χ1n) is 7.44. The minimum atomic E-state index is -0.456. The molecule has 0 aliphatic heterocycles. The summed E-state index contributed by atoms with van der Waals surface area (Å²) in [7, 11) is 0. The Morgan fingerprint density at radius 1 is 1.15 bits per heavy atom. The number of pyridine rings is 1. The minimum absolute atomic E-state index is 0.122. The summed E-state index contributed by atoms with van der Waals surface area (Å²) in [6.45, 7) is 2.07. The van der Waals surface area contributed by atoms with Crippen LogP contribution in [0.4, 0.5) is 0 Å². The average Bonchev–Trinajstić information content (AvgIpc) is 2.69. The van der Waals surface area contributed by atoms with Crippen LogP contribution in [-0.4, -0.2) is 10.1 Å². The van der Waals surface area contributed by atoms with E-state index in [1.54, 1.807) is 0 Å². The number of hydrogen-bond donors (Lipinski definition) is 1. The van der Waals surface area contributed by atoms with E-state index < -0.39 is 6.10 Å². The molecular weight excluding hydrogens is 246 g/mol. The van der Waals surface area contributed by atoms with Crippen LogP contribution in [0.25, 0.3) is 0 Å².